The van der Waals surface area contributed by atoms with Gasteiger partial charge in [-0.25, -0.2) is 12.7 Å². The number of amides is 2. The molecular formula is C23H27Cl2N3O4S. The lowest BCUT2D eigenvalue weighted by Gasteiger charge is -2.31. The largest absolute Gasteiger partial charge is 0.350 e. The molecule has 0 spiro atoms. The van der Waals surface area contributed by atoms with Crippen LogP contribution in [-0.2, 0) is 20.6 Å². The number of carbonyl (C=O) groups excluding carboxylic acids is 2. The van der Waals surface area contributed by atoms with E-state index in [9.17, 15) is 18.0 Å². The predicted molar refractivity (Wildman–Crippen MR) is 131 cm³/mol. The van der Waals surface area contributed by atoms with Crippen molar-refractivity contribution in [3.05, 3.63) is 63.6 Å². The van der Waals surface area contributed by atoms with E-state index in [1.807, 2.05) is 13.8 Å². The average molecular weight is 512 g/mol. The van der Waals surface area contributed by atoms with Crippen LogP contribution in [0.1, 0.15) is 42.6 Å². The number of nitrogens with zero attached hydrogens (tertiary/aromatic N) is 1. The zero-order valence-electron chi connectivity index (χ0n) is 18.5. The number of piperidine rings is 1. The molecule has 0 aromatic heterocycles. The maximum atomic E-state index is 13.1. The van der Waals surface area contributed by atoms with Gasteiger partial charge in [-0.2, -0.15) is 0 Å². The van der Waals surface area contributed by atoms with E-state index in [2.05, 4.69) is 10.6 Å². The van der Waals surface area contributed by atoms with Crippen LogP contribution < -0.4 is 10.6 Å². The standard InChI is InChI=1S/C23H27Cl2N3O4S/c1-15(2)26-23(30)17-8-3-4-11-21(17)27-22(29)16-7-6-12-28(13-16)33(31,32)14-18-19(24)9-5-10-20(18)25/h3-5,8-11,15-16H,6-7,12-14H2,1-2H3,(H,26,30)(H,27,29). The maximum Gasteiger partial charge on any atom is 0.253 e. The molecule has 1 saturated heterocycles. The zero-order chi connectivity index (χ0) is 24.2. The highest BCUT2D eigenvalue weighted by Crippen LogP contribution is 2.29. The van der Waals surface area contributed by atoms with Gasteiger partial charge in [0.1, 0.15) is 0 Å². The molecule has 2 aromatic rings. The molecule has 0 aliphatic carbocycles. The van der Waals surface area contributed by atoms with Gasteiger partial charge >= 0.3 is 0 Å². The minimum Gasteiger partial charge on any atom is -0.350 e. The van der Waals surface area contributed by atoms with Gasteiger partial charge in [0.05, 0.1) is 22.9 Å². The summed E-state index contributed by atoms with van der Waals surface area (Å²) < 4.78 is 27.4. The molecule has 1 fully saturated rings. The van der Waals surface area contributed by atoms with Crippen LogP contribution in [0.5, 0.6) is 0 Å². The molecule has 33 heavy (non-hydrogen) atoms. The van der Waals surface area contributed by atoms with Gasteiger partial charge in [0, 0.05) is 34.7 Å². The third-order valence-corrected chi connectivity index (χ3v) is 7.87. The molecule has 0 saturated carbocycles. The smallest absolute Gasteiger partial charge is 0.253 e. The van der Waals surface area contributed by atoms with Crippen LogP contribution in [0.2, 0.25) is 10.0 Å². The fourth-order valence-corrected chi connectivity index (χ4v) is 6.08. The minimum atomic E-state index is -3.74. The van der Waals surface area contributed by atoms with Gasteiger partial charge in [0.15, 0.2) is 0 Å². The van der Waals surface area contributed by atoms with Crippen LogP contribution in [0, 0.1) is 5.92 Å². The zero-order valence-corrected chi connectivity index (χ0v) is 20.8. The third-order valence-electron chi connectivity index (χ3n) is 5.39. The summed E-state index contributed by atoms with van der Waals surface area (Å²) in [4.78, 5) is 25.5. The van der Waals surface area contributed by atoms with Gasteiger partial charge < -0.3 is 10.6 Å². The molecule has 1 unspecified atom stereocenters. The highest BCUT2D eigenvalue weighted by atomic mass is 35.5. The molecule has 178 valence electrons. The fraction of sp³-hybridized carbons (Fsp3) is 0.391. The van der Waals surface area contributed by atoms with Crippen molar-refractivity contribution in [2.24, 2.45) is 5.92 Å². The SMILES string of the molecule is CC(C)NC(=O)c1ccccc1NC(=O)C1CCCN(S(=O)(=O)Cc2c(Cl)cccc2Cl)C1. The lowest BCUT2D eigenvalue weighted by atomic mass is 9.98. The van der Waals surface area contributed by atoms with Crippen LogP contribution in [0.25, 0.3) is 0 Å². The Bertz CT molecular complexity index is 1120. The number of anilines is 1. The Labute approximate surface area is 204 Å². The number of rotatable bonds is 7. The van der Waals surface area contributed by atoms with Crippen LogP contribution in [0.3, 0.4) is 0 Å². The molecule has 2 amide bonds. The Hall–Kier alpha value is -2.13. The lowest BCUT2D eigenvalue weighted by Crippen LogP contribution is -2.44. The second kappa shape index (κ2) is 10.9. The van der Waals surface area contributed by atoms with Crippen molar-refractivity contribution in [1.29, 1.82) is 0 Å². The van der Waals surface area contributed by atoms with Crippen molar-refractivity contribution in [1.82, 2.24) is 9.62 Å². The van der Waals surface area contributed by atoms with Gasteiger partial charge in [0.25, 0.3) is 5.91 Å². The molecule has 1 aliphatic rings. The molecule has 3 rings (SSSR count). The van der Waals surface area contributed by atoms with Crippen LogP contribution in [0.15, 0.2) is 42.5 Å². The van der Waals surface area contributed by atoms with Gasteiger partial charge in [-0.1, -0.05) is 41.4 Å². The summed E-state index contributed by atoms with van der Waals surface area (Å²) in [5.74, 6) is -1.49. The van der Waals surface area contributed by atoms with Gasteiger partial charge in [-0.15, -0.1) is 0 Å². The summed E-state index contributed by atoms with van der Waals surface area (Å²) in [6.45, 7) is 4.08. The molecule has 2 aromatic carbocycles. The van der Waals surface area contributed by atoms with E-state index in [4.69, 9.17) is 23.2 Å². The first-order chi connectivity index (χ1) is 15.6. The highest BCUT2D eigenvalue weighted by Gasteiger charge is 2.33. The number of benzene rings is 2. The van der Waals surface area contributed by atoms with E-state index in [0.717, 1.165) is 0 Å². The Morgan fingerprint density at radius 1 is 1.09 bits per heavy atom. The number of halogens is 2. The predicted octanol–water partition coefficient (Wildman–Crippen LogP) is 4.31. The third kappa shape index (κ3) is 6.47. The second-order valence-corrected chi connectivity index (χ2v) is 11.1. The van der Waals surface area contributed by atoms with Crippen LogP contribution in [0.4, 0.5) is 5.69 Å². The first-order valence-electron chi connectivity index (χ1n) is 10.7. The molecule has 2 N–H and O–H groups in total. The fourth-order valence-electron chi connectivity index (χ4n) is 3.72. The molecule has 1 atom stereocenters. The molecule has 7 nitrogen and oxygen atoms in total. The molecule has 10 heteroatoms. The van der Waals surface area contributed by atoms with E-state index in [-0.39, 0.29) is 40.2 Å². The number of nitrogens with one attached hydrogen (secondary N) is 2. The Kier molecular flexibility index (Phi) is 8.39. The Morgan fingerprint density at radius 2 is 1.76 bits per heavy atom. The Morgan fingerprint density at radius 3 is 2.42 bits per heavy atom. The first-order valence-corrected chi connectivity index (χ1v) is 13.1. The highest BCUT2D eigenvalue weighted by molar-refractivity contribution is 7.88. The van der Waals surface area contributed by atoms with Crippen molar-refractivity contribution >= 4 is 50.7 Å². The van der Waals surface area contributed by atoms with Crippen molar-refractivity contribution in [2.75, 3.05) is 18.4 Å². The van der Waals surface area contributed by atoms with Crippen molar-refractivity contribution < 1.29 is 18.0 Å². The topological polar surface area (TPSA) is 95.6 Å². The van der Waals surface area contributed by atoms with E-state index >= 15 is 0 Å². The molecule has 1 heterocycles. The molecular weight excluding hydrogens is 485 g/mol. The van der Waals surface area contributed by atoms with Crippen LogP contribution in [-0.4, -0.2) is 43.7 Å². The summed E-state index contributed by atoms with van der Waals surface area (Å²) in [5, 5.41) is 6.19. The van der Waals surface area contributed by atoms with Crippen LogP contribution >= 0.6 is 23.2 Å². The second-order valence-electron chi connectivity index (χ2n) is 8.32. The summed E-state index contributed by atoms with van der Waals surface area (Å²) >= 11 is 12.3. The van der Waals surface area contributed by atoms with Crippen molar-refractivity contribution in [3.8, 4) is 0 Å². The van der Waals surface area contributed by atoms with Gasteiger partial charge in [-0.3, -0.25) is 9.59 Å². The van der Waals surface area contributed by atoms with Gasteiger partial charge in [-0.05, 0) is 51.0 Å². The van der Waals surface area contributed by atoms with E-state index in [0.29, 0.717) is 36.2 Å². The minimum absolute atomic E-state index is 0.0509. The number of carbonyl (C=O) groups is 2. The maximum absolute atomic E-state index is 13.1. The summed E-state index contributed by atoms with van der Waals surface area (Å²) in [6, 6.07) is 11.5. The van der Waals surface area contributed by atoms with Crippen molar-refractivity contribution in [2.45, 2.75) is 38.5 Å². The van der Waals surface area contributed by atoms with Crippen molar-refractivity contribution in [3.63, 3.8) is 0 Å². The Balaban J connectivity index is 1.72. The number of para-hydroxylation sites is 1. The summed E-state index contributed by atoms with van der Waals surface area (Å²) in [6.07, 6.45) is 1.09. The monoisotopic (exact) mass is 511 g/mol. The average Bonchev–Trinajstić information content (AvgIpc) is 2.76. The molecule has 1 aliphatic heterocycles. The van der Waals surface area contributed by atoms with E-state index in [1.54, 1.807) is 42.5 Å². The number of hydrogen-bond donors (Lipinski definition) is 2. The summed E-state index contributed by atoms with van der Waals surface area (Å²) in [5.41, 5.74) is 1.09. The van der Waals surface area contributed by atoms with E-state index < -0.39 is 15.9 Å². The molecule has 0 bridgehead atoms. The van der Waals surface area contributed by atoms with E-state index in [1.165, 1.54) is 4.31 Å². The lowest BCUT2D eigenvalue weighted by molar-refractivity contribution is -0.120. The normalized spacial score (nSPS) is 17.1. The summed E-state index contributed by atoms with van der Waals surface area (Å²) in [7, 11) is -3.74. The first kappa shape index (κ1) is 25.5. The molecule has 0 radical (unpaired) electrons. The quantitative estimate of drug-likeness (QED) is 0.578. The number of sulfonamides is 1. The number of hydrogen-bond acceptors (Lipinski definition) is 4. The van der Waals surface area contributed by atoms with Gasteiger partial charge in [0.2, 0.25) is 15.9 Å².